The highest BCUT2D eigenvalue weighted by atomic mass is 35.5. The van der Waals surface area contributed by atoms with Gasteiger partial charge in [-0.2, -0.15) is 13.2 Å². The molecule has 0 saturated carbocycles. The van der Waals surface area contributed by atoms with E-state index in [1.807, 2.05) is 0 Å². The molecule has 24 heavy (non-hydrogen) atoms. The normalized spacial score (nSPS) is 11.0. The van der Waals surface area contributed by atoms with Crippen LogP contribution in [0.4, 0.5) is 19.0 Å². The average Bonchev–Trinajstić information content (AvgIpc) is 2.54. The number of amides is 1. The van der Waals surface area contributed by atoms with Gasteiger partial charge in [0.15, 0.2) is 18.1 Å². The van der Waals surface area contributed by atoms with E-state index in [2.05, 4.69) is 25.0 Å². The molecule has 0 unspecified atom stereocenters. The molecule has 2 aromatic heterocycles. The van der Waals surface area contributed by atoms with E-state index in [1.165, 1.54) is 12.4 Å². The van der Waals surface area contributed by atoms with Crippen LogP contribution in [0.1, 0.15) is 16.1 Å². The molecule has 1 amide bonds. The van der Waals surface area contributed by atoms with Crippen molar-refractivity contribution in [3.63, 3.8) is 0 Å². The van der Waals surface area contributed by atoms with Gasteiger partial charge in [0.05, 0.1) is 16.8 Å². The quantitative estimate of drug-likeness (QED) is 0.841. The lowest BCUT2D eigenvalue weighted by Gasteiger charge is -2.10. The summed E-state index contributed by atoms with van der Waals surface area (Å²) in [4.78, 5) is 33.9. The van der Waals surface area contributed by atoms with Crippen molar-refractivity contribution in [3.8, 4) is 0 Å². The minimum atomic E-state index is -4.61. The first-order valence-electron chi connectivity index (χ1n) is 6.23. The molecular weight excluding hydrogens is 353 g/mol. The van der Waals surface area contributed by atoms with Crippen LogP contribution in [0.2, 0.25) is 5.02 Å². The second-order valence-electron chi connectivity index (χ2n) is 4.27. The van der Waals surface area contributed by atoms with Gasteiger partial charge in [-0.25, -0.2) is 14.8 Å². The van der Waals surface area contributed by atoms with Crippen molar-refractivity contribution in [1.29, 1.82) is 0 Å². The van der Waals surface area contributed by atoms with E-state index in [9.17, 15) is 22.8 Å². The molecule has 0 aliphatic carbocycles. The number of rotatable bonds is 4. The van der Waals surface area contributed by atoms with Crippen LogP contribution in [0.15, 0.2) is 30.9 Å². The number of aromatic nitrogens is 3. The summed E-state index contributed by atoms with van der Waals surface area (Å²) in [7, 11) is 0. The molecular formula is C13H8ClF3N4O3. The third kappa shape index (κ3) is 4.62. The molecule has 2 rings (SSSR count). The Bertz CT molecular complexity index is 756. The van der Waals surface area contributed by atoms with Crippen LogP contribution in [-0.2, 0) is 15.7 Å². The zero-order valence-corrected chi connectivity index (χ0v) is 12.4. The number of carbonyl (C=O) groups is 2. The largest absolute Gasteiger partial charge is 0.451 e. The Morgan fingerprint density at radius 3 is 2.54 bits per heavy atom. The number of ether oxygens (including phenoxy) is 1. The molecule has 7 nitrogen and oxygen atoms in total. The Morgan fingerprint density at radius 2 is 1.96 bits per heavy atom. The minimum absolute atomic E-state index is 0.101. The summed E-state index contributed by atoms with van der Waals surface area (Å²) in [5, 5.41) is 1.73. The molecule has 0 fully saturated rings. The van der Waals surface area contributed by atoms with Crippen LogP contribution in [-0.4, -0.2) is 33.4 Å². The maximum atomic E-state index is 12.5. The number of nitrogens with zero attached hydrogens (tertiary/aromatic N) is 3. The Labute approximate surface area is 137 Å². The second kappa shape index (κ2) is 7.21. The highest BCUT2D eigenvalue weighted by Gasteiger charge is 2.31. The first kappa shape index (κ1) is 17.6. The smallest absolute Gasteiger partial charge is 0.417 e. The number of nitrogens with one attached hydrogen (secondary N) is 1. The summed E-state index contributed by atoms with van der Waals surface area (Å²) < 4.78 is 42.1. The number of hydrogen-bond donors (Lipinski definition) is 1. The van der Waals surface area contributed by atoms with Gasteiger partial charge in [-0.15, -0.1) is 0 Å². The predicted molar refractivity (Wildman–Crippen MR) is 75.2 cm³/mol. The summed E-state index contributed by atoms with van der Waals surface area (Å²) in [5.74, 6) is -2.00. The van der Waals surface area contributed by atoms with E-state index in [0.29, 0.717) is 12.3 Å². The SMILES string of the molecule is O=C(COC(=O)c1cnccn1)Nc1ncc(C(F)(F)F)cc1Cl. The average molecular weight is 361 g/mol. The molecule has 0 saturated heterocycles. The molecule has 0 bridgehead atoms. The van der Waals surface area contributed by atoms with Gasteiger partial charge in [-0.3, -0.25) is 9.78 Å². The van der Waals surface area contributed by atoms with Crippen LogP contribution in [0.25, 0.3) is 0 Å². The molecule has 0 aliphatic heterocycles. The molecule has 0 aromatic carbocycles. The standard InChI is InChI=1S/C13H8ClF3N4O3/c14-8-3-7(13(15,16)17)4-20-11(8)21-10(22)6-24-12(23)9-5-18-1-2-19-9/h1-5H,6H2,(H,20,21,22). The molecule has 0 aliphatic rings. The lowest BCUT2D eigenvalue weighted by molar-refractivity contribution is -0.137. The van der Waals surface area contributed by atoms with Crippen LogP contribution >= 0.6 is 11.6 Å². The van der Waals surface area contributed by atoms with E-state index in [4.69, 9.17) is 11.6 Å². The molecule has 0 radical (unpaired) electrons. The zero-order chi connectivity index (χ0) is 17.7. The fourth-order valence-corrected chi connectivity index (χ4v) is 1.68. The van der Waals surface area contributed by atoms with Crippen LogP contribution in [0, 0.1) is 0 Å². The van der Waals surface area contributed by atoms with E-state index >= 15 is 0 Å². The number of carbonyl (C=O) groups excluding carboxylic acids is 2. The molecule has 0 spiro atoms. The predicted octanol–water partition coefficient (Wildman–Crippen LogP) is 2.34. The monoisotopic (exact) mass is 360 g/mol. The highest BCUT2D eigenvalue weighted by Crippen LogP contribution is 2.32. The maximum Gasteiger partial charge on any atom is 0.417 e. The summed E-state index contributed by atoms with van der Waals surface area (Å²) in [6.07, 6.45) is -0.322. The Hall–Kier alpha value is -2.75. The number of anilines is 1. The van der Waals surface area contributed by atoms with Crippen LogP contribution in [0.3, 0.4) is 0 Å². The van der Waals surface area contributed by atoms with Gasteiger partial charge in [0.25, 0.3) is 5.91 Å². The van der Waals surface area contributed by atoms with E-state index < -0.39 is 35.2 Å². The Kier molecular flexibility index (Phi) is 5.29. The third-order valence-electron chi connectivity index (χ3n) is 2.53. The van der Waals surface area contributed by atoms with Crippen molar-refractivity contribution in [2.45, 2.75) is 6.18 Å². The number of halogens is 4. The highest BCUT2D eigenvalue weighted by molar-refractivity contribution is 6.33. The lowest BCUT2D eigenvalue weighted by Crippen LogP contribution is -2.22. The molecule has 2 aromatic rings. The van der Waals surface area contributed by atoms with Gasteiger partial charge in [-0.05, 0) is 6.07 Å². The molecule has 11 heteroatoms. The van der Waals surface area contributed by atoms with Crippen molar-refractivity contribution in [1.82, 2.24) is 15.0 Å². The number of hydrogen-bond acceptors (Lipinski definition) is 6. The number of alkyl halides is 3. The van der Waals surface area contributed by atoms with Crippen molar-refractivity contribution >= 4 is 29.3 Å². The number of pyridine rings is 1. The number of esters is 1. The van der Waals surface area contributed by atoms with Gasteiger partial charge in [0, 0.05) is 18.6 Å². The van der Waals surface area contributed by atoms with Crippen molar-refractivity contribution in [3.05, 3.63) is 47.1 Å². The van der Waals surface area contributed by atoms with Crippen LogP contribution < -0.4 is 5.32 Å². The zero-order valence-electron chi connectivity index (χ0n) is 11.7. The summed E-state index contributed by atoms with van der Waals surface area (Å²) >= 11 is 5.63. The van der Waals surface area contributed by atoms with Crippen molar-refractivity contribution in [2.75, 3.05) is 11.9 Å². The maximum absolute atomic E-state index is 12.5. The molecule has 0 atom stereocenters. The Morgan fingerprint density at radius 1 is 1.21 bits per heavy atom. The fourth-order valence-electron chi connectivity index (χ4n) is 1.46. The van der Waals surface area contributed by atoms with E-state index in [-0.39, 0.29) is 11.5 Å². The minimum Gasteiger partial charge on any atom is -0.451 e. The second-order valence-corrected chi connectivity index (χ2v) is 4.67. The Balaban J connectivity index is 1.94. The molecule has 1 N–H and O–H groups in total. The van der Waals surface area contributed by atoms with Crippen molar-refractivity contribution in [2.24, 2.45) is 0 Å². The van der Waals surface area contributed by atoms with Crippen LogP contribution in [0.5, 0.6) is 0 Å². The summed E-state index contributed by atoms with van der Waals surface area (Å²) in [6.45, 7) is -0.700. The van der Waals surface area contributed by atoms with Gasteiger partial charge >= 0.3 is 12.1 Å². The van der Waals surface area contributed by atoms with E-state index in [1.54, 1.807) is 0 Å². The molecule has 2 heterocycles. The van der Waals surface area contributed by atoms with E-state index in [0.717, 1.165) is 6.20 Å². The first-order valence-corrected chi connectivity index (χ1v) is 6.61. The summed E-state index contributed by atoms with van der Waals surface area (Å²) in [5.41, 5.74) is -1.16. The van der Waals surface area contributed by atoms with Gasteiger partial charge in [0.2, 0.25) is 0 Å². The fraction of sp³-hybridized carbons (Fsp3) is 0.154. The van der Waals surface area contributed by atoms with Gasteiger partial charge in [-0.1, -0.05) is 11.6 Å². The van der Waals surface area contributed by atoms with Crippen molar-refractivity contribution < 1.29 is 27.5 Å². The molecule has 126 valence electrons. The van der Waals surface area contributed by atoms with Gasteiger partial charge < -0.3 is 10.1 Å². The summed E-state index contributed by atoms with van der Waals surface area (Å²) in [6, 6.07) is 0.621. The topological polar surface area (TPSA) is 94.1 Å². The first-order chi connectivity index (χ1) is 11.3. The third-order valence-corrected chi connectivity index (χ3v) is 2.82. The lowest BCUT2D eigenvalue weighted by atomic mass is 10.3. The van der Waals surface area contributed by atoms with Gasteiger partial charge in [0.1, 0.15) is 0 Å².